The second-order valence-electron chi connectivity index (χ2n) is 6.01. The van der Waals surface area contributed by atoms with E-state index in [9.17, 15) is 4.79 Å². The number of nitrogens with zero attached hydrogens (tertiary/aromatic N) is 1. The molecule has 0 unspecified atom stereocenters. The fourth-order valence-electron chi connectivity index (χ4n) is 3.32. The number of carbonyl (C=O) groups is 1. The average Bonchev–Trinajstić information content (AvgIpc) is 3.18. The van der Waals surface area contributed by atoms with Gasteiger partial charge in [0.05, 0.1) is 19.3 Å². The Bertz CT molecular complexity index is 760. The van der Waals surface area contributed by atoms with Crippen LogP contribution in [0.2, 0.25) is 0 Å². The first kappa shape index (κ1) is 16.0. The predicted molar refractivity (Wildman–Crippen MR) is 97.1 cm³/mol. The third kappa shape index (κ3) is 2.93. The summed E-state index contributed by atoms with van der Waals surface area (Å²) in [5.41, 5.74) is 1.12. The van der Waals surface area contributed by atoms with Gasteiger partial charge >= 0.3 is 0 Å². The number of benzene rings is 1. The Morgan fingerprint density at radius 2 is 2.00 bits per heavy atom. The van der Waals surface area contributed by atoms with Crippen molar-refractivity contribution < 1.29 is 14.3 Å². The average molecular weight is 408 g/mol. The zero-order valence-corrected chi connectivity index (χ0v) is 15.6. The van der Waals surface area contributed by atoms with Crippen molar-refractivity contribution in [1.29, 1.82) is 0 Å². The molecular weight excluding hydrogens is 390 g/mol. The molecule has 24 heavy (non-hydrogen) atoms. The van der Waals surface area contributed by atoms with Crippen LogP contribution in [-0.2, 0) is 0 Å². The van der Waals surface area contributed by atoms with Crippen LogP contribution in [0.4, 0.5) is 0 Å². The quantitative estimate of drug-likeness (QED) is 0.726. The minimum Gasteiger partial charge on any atom is -0.490 e. The van der Waals surface area contributed by atoms with E-state index in [1.807, 2.05) is 28.5 Å². The summed E-state index contributed by atoms with van der Waals surface area (Å²) in [6.07, 6.45) is 2.90. The molecule has 0 spiro atoms. The van der Waals surface area contributed by atoms with Crippen molar-refractivity contribution in [2.45, 2.75) is 25.3 Å². The molecule has 126 valence electrons. The monoisotopic (exact) mass is 407 g/mol. The first-order valence-electron chi connectivity index (χ1n) is 8.17. The highest BCUT2D eigenvalue weighted by atomic mass is 79.9. The summed E-state index contributed by atoms with van der Waals surface area (Å²) in [4.78, 5) is 15.7. The molecule has 1 saturated heterocycles. The van der Waals surface area contributed by atoms with Gasteiger partial charge in [-0.1, -0.05) is 6.07 Å². The van der Waals surface area contributed by atoms with Gasteiger partial charge in [-0.2, -0.15) is 0 Å². The lowest BCUT2D eigenvalue weighted by Crippen LogP contribution is -2.30. The van der Waals surface area contributed by atoms with Crippen LogP contribution in [0, 0.1) is 0 Å². The van der Waals surface area contributed by atoms with Crippen molar-refractivity contribution in [3.63, 3.8) is 0 Å². The van der Waals surface area contributed by atoms with E-state index >= 15 is 0 Å². The normalized spacial score (nSPS) is 20.0. The van der Waals surface area contributed by atoms with E-state index in [0.29, 0.717) is 13.2 Å². The van der Waals surface area contributed by atoms with E-state index in [4.69, 9.17) is 9.47 Å². The fraction of sp³-hybridized carbons (Fsp3) is 0.389. The molecule has 1 atom stereocenters. The Labute approximate surface area is 153 Å². The molecule has 4 rings (SSSR count). The molecule has 4 nitrogen and oxygen atoms in total. The number of likely N-dealkylation sites (tertiary alicyclic amines) is 1. The minimum atomic E-state index is 0.101. The number of ether oxygens (including phenoxy) is 2. The molecule has 3 heterocycles. The summed E-state index contributed by atoms with van der Waals surface area (Å²) < 4.78 is 12.4. The Balaban J connectivity index is 1.62. The third-order valence-corrected chi connectivity index (χ3v) is 6.31. The standard InChI is InChI=1S/C18H18BrNO3S/c19-13-6-10-24-17(13)18(21)20-7-1-3-14(20)12-4-5-15-16(11-12)23-9-2-8-22-15/h4-6,10-11,14H,1-3,7-9H2/t14-/m0/s1. The Morgan fingerprint density at radius 3 is 2.79 bits per heavy atom. The molecular formula is C18H18BrNO3S. The number of hydrogen-bond acceptors (Lipinski definition) is 4. The summed E-state index contributed by atoms with van der Waals surface area (Å²) >= 11 is 4.96. The van der Waals surface area contributed by atoms with Crippen molar-refractivity contribution in [3.05, 3.63) is 44.6 Å². The first-order chi connectivity index (χ1) is 11.7. The SMILES string of the molecule is O=C(c1sccc1Br)N1CCC[C@H]1c1ccc2c(c1)OCCCO2. The molecule has 1 fully saturated rings. The molecule has 2 aliphatic rings. The van der Waals surface area contributed by atoms with Gasteiger partial charge in [-0.3, -0.25) is 4.79 Å². The highest BCUT2D eigenvalue weighted by molar-refractivity contribution is 9.10. The lowest BCUT2D eigenvalue weighted by atomic mass is 10.0. The van der Waals surface area contributed by atoms with E-state index in [1.165, 1.54) is 11.3 Å². The van der Waals surface area contributed by atoms with Crippen molar-refractivity contribution in [1.82, 2.24) is 4.90 Å². The number of fused-ring (bicyclic) bond motifs is 1. The molecule has 2 aromatic rings. The smallest absolute Gasteiger partial charge is 0.265 e. The van der Waals surface area contributed by atoms with E-state index in [2.05, 4.69) is 22.0 Å². The maximum absolute atomic E-state index is 12.9. The van der Waals surface area contributed by atoms with E-state index < -0.39 is 0 Å². The molecule has 0 saturated carbocycles. The summed E-state index contributed by atoms with van der Waals surface area (Å²) in [7, 11) is 0. The zero-order valence-electron chi connectivity index (χ0n) is 13.2. The van der Waals surface area contributed by atoms with Crippen molar-refractivity contribution in [2.24, 2.45) is 0 Å². The molecule has 6 heteroatoms. The lowest BCUT2D eigenvalue weighted by Gasteiger charge is -2.25. The van der Waals surface area contributed by atoms with Crippen LogP contribution < -0.4 is 9.47 Å². The Morgan fingerprint density at radius 1 is 1.17 bits per heavy atom. The zero-order chi connectivity index (χ0) is 16.5. The maximum Gasteiger partial charge on any atom is 0.265 e. The van der Waals surface area contributed by atoms with Gasteiger partial charge in [-0.15, -0.1) is 11.3 Å². The topological polar surface area (TPSA) is 38.8 Å². The van der Waals surface area contributed by atoms with Crippen molar-refractivity contribution >= 4 is 33.2 Å². The predicted octanol–water partition coefficient (Wildman–Crippen LogP) is 4.65. The molecule has 1 aromatic heterocycles. The molecule has 1 amide bonds. The number of rotatable bonds is 2. The van der Waals surface area contributed by atoms with Crippen LogP contribution in [0.25, 0.3) is 0 Å². The van der Waals surface area contributed by atoms with E-state index in [-0.39, 0.29) is 11.9 Å². The van der Waals surface area contributed by atoms with Gasteiger partial charge in [0.25, 0.3) is 5.91 Å². The van der Waals surface area contributed by atoms with Crippen LogP contribution in [0.1, 0.15) is 40.5 Å². The molecule has 0 N–H and O–H groups in total. The van der Waals surface area contributed by atoms with E-state index in [0.717, 1.165) is 52.2 Å². The number of hydrogen-bond donors (Lipinski definition) is 0. The summed E-state index contributed by atoms with van der Waals surface area (Å²) in [6, 6.07) is 8.10. The summed E-state index contributed by atoms with van der Waals surface area (Å²) in [5, 5.41) is 1.94. The fourth-order valence-corrected chi connectivity index (χ4v) is 4.82. The van der Waals surface area contributed by atoms with Gasteiger partial charge in [-0.05, 0) is 57.9 Å². The number of amides is 1. The van der Waals surface area contributed by atoms with Crippen LogP contribution in [0.3, 0.4) is 0 Å². The van der Waals surface area contributed by atoms with Gasteiger partial charge in [0.15, 0.2) is 11.5 Å². The Kier molecular flexibility index (Phi) is 4.50. The lowest BCUT2D eigenvalue weighted by molar-refractivity contribution is 0.0739. The second-order valence-corrected chi connectivity index (χ2v) is 7.78. The Hall–Kier alpha value is -1.53. The van der Waals surface area contributed by atoms with Crippen LogP contribution in [0.15, 0.2) is 34.1 Å². The van der Waals surface area contributed by atoms with Crippen LogP contribution >= 0.6 is 27.3 Å². The second kappa shape index (κ2) is 6.76. The maximum atomic E-state index is 12.9. The number of carbonyl (C=O) groups excluding carboxylic acids is 1. The van der Waals surface area contributed by atoms with Crippen molar-refractivity contribution in [3.8, 4) is 11.5 Å². The highest BCUT2D eigenvalue weighted by Crippen LogP contribution is 2.39. The molecule has 1 aromatic carbocycles. The van der Waals surface area contributed by atoms with Crippen LogP contribution in [-0.4, -0.2) is 30.6 Å². The minimum absolute atomic E-state index is 0.101. The van der Waals surface area contributed by atoms with Gasteiger partial charge in [-0.25, -0.2) is 0 Å². The number of thiophene rings is 1. The van der Waals surface area contributed by atoms with E-state index in [1.54, 1.807) is 0 Å². The number of halogens is 1. The van der Waals surface area contributed by atoms with Gasteiger partial charge in [0, 0.05) is 17.4 Å². The first-order valence-corrected chi connectivity index (χ1v) is 9.85. The van der Waals surface area contributed by atoms with Gasteiger partial charge in [0.2, 0.25) is 0 Å². The third-order valence-electron chi connectivity index (χ3n) is 4.48. The van der Waals surface area contributed by atoms with Gasteiger partial charge < -0.3 is 14.4 Å². The van der Waals surface area contributed by atoms with Crippen LogP contribution in [0.5, 0.6) is 11.5 Å². The summed E-state index contributed by atoms with van der Waals surface area (Å²) in [6.45, 7) is 2.15. The molecule has 0 aliphatic carbocycles. The summed E-state index contributed by atoms with van der Waals surface area (Å²) in [5.74, 6) is 1.70. The molecule has 0 bridgehead atoms. The highest BCUT2D eigenvalue weighted by Gasteiger charge is 2.32. The van der Waals surface area contributed by atoms with Crippen molar-refractivity contribution in [2.75, 3.05) is 19.8 Å². The largest absolute Gasteiger partial charge is 0.490 e. The van der Waals surface area contributed by atoms with Gasteiger partial charge in [0.1, 0.15) is 4.88 Å². The molecule has 0 radical (unpaired) electrons. The molecule has 2 aliphatic heterocycles.